The summed E-state index contributed by atoms with van der Waals surface area (Å²) in [5.74, 6) is 0. The van der Waals surface area contributed by atoms with Gasteiger partial charge in [0.15, 0.2) is 0 Å². The van der Waals surface area contributed by atoms with Crippen molar-refractivity contribution in [3.05, 3.63) is 30.3 Å². The van der Waals surface area contributed by atoms with Crippen molar-refractivity contribution in [2.24, 2.45) is 10.6 Å². The molecule has 0 aromatic heterocycles. The smallest absolute Gasteiger partial charge is 0.236 e. The molecule has 0 bridgehead atoms. The van der Waals surface area contributed by atoms with Crippen molar-refractivity contribution in [3.8, 4) is 0 Å². The van der Waals surface area contributed by atoms with Gasteiger partial charge in [-0.05, 0) is 12.1 Å². The second-order valence-corrected chi connectivity index (χ2v) is 7.47. The molecule has 0 fully saturated rings. The van der Waals surface area contributed by atoms with Crippen LogP contribution in [0.5, 0.6) is 0 Å². The molecule has 0 aliphatic carbocycles. The lowest BCUT2D eigenvalue weighted by atomic mass is 9.89. The van der Waals surface area contributed by atoms with Gasteiger partial charge in [-0.2, -0.15) is 0 Å². The van der Waals surface area contributed by atoms with E-state index in [2.05, 4.69) is 5.16 Å². The van der Waals surface area contributed by atoms with Crippen LogP contribution in [0.15, 0.2) is 40.4 Å². The molecule has 0 amide bonds. The molecule has 2 rings (SSSR count). The molecule has 0 spiro atoms. The number of oxime groups is 1. The molecule has 0 N–H and O–H groups in total. The number of hydrogen-bond donors (Lipinski definition) is 0. The summed E-state index contributed by atoms with van der Waals surface area (Å²) in [7, 11) is -3.47. The molecular weight excluding hydrogens is 250 g/mol. The van der Waals surface area contributed by atoms with Crippen LogP contribution >= 0.6 is 0 Å². The summed E-state index contributed by atoms with van der Waals surface area (Å²) < 4.78 is 24.6. The lowest BCUT2D eigenvalue weighted by molar-refractivity contribution is 0.140. The van der Waals surface area contributed by atoms with E-state index in [0.29, 0.717) is 6.42 Å². The third-order valence-electron chi connectivity index (χ3n) is 2.92. The van der Waals surface area contributed by atoms with Crippen LogP contribution in [-0.2, 0) is 14.7 Å². The topological polar surface area (TPSA) is 55.7 Å². The van der Waals surface area contributed by atoms with E-state index in [4.69, 9.17) is 4.84 Å². The van der Waals surface area contributed by atoms with Gasteiger partial charge in [0.2, 0.25) is 15.3 Å². The molecule has 1 aromatic carbocycles. The van der Waals surface area contributed by atoms with Gasteiger partial charge >= 0.3 is 0 Å². The van der Waals surface area contributed by atoms with Crippen molar-refractivity contribution in [3.63, 3.8) is 0 Å². The van der Waals surface area contributed by atoms with E-state index < -0.39 is 15.3 Å². The molecular formula is C13H17NO3S. The first-order valence-corrected chi connectivity index (χ1v) is 7.38. The molecule has 5 heteroatoms. The molecule has 1 unspecified atom stereocenters. The van der Waals surface area contributed by atoms with E-state index in [1.54, 1.807) is 30.3 Å². The average molecular weight is 267 g/mol. The Morgan fingerprint density at radius 1 is 1.22 bits per heavy atom. The van der Waals surface area contributed by atoms with E-state index in [1.807, 2.05) is 20.8 Å². The number of rotatable bonds is 2. The highest BCUT2D eigenvalue weighted by Gasteiger charge is 2.38. The summed E-state index contributed by atoms with van der Waals surface area (Å²) in [4.78, 5) is 5.39. The van der Waals surface area contributed by atoms with E-state index >= 15 is 0 Å². The van der Waals surface area contributed by atoms with Crippen LogP contribution in [0.4, 0.5) is 0 Å². The van der Waals surface area contributed by atoms with Crippen molar-refractivity contribution in [1.29, 1.82) is 0 Å². The Morgan fingerprint density at radius 2 is 1.83 bits per heavy atom. The van der Waals surface area contributed by atoms with Gasteiger partial charge in [0.05, 0.1) is 10.6 Å². The molecule has 1 heterocycles. The van der Waals surface area contributed by atoms with Crippen molar-refractivity contribution in [2.45, 2.75) is 37.5 Å². The molecule has 1 aromatic rings. The minimum Gasteiger partial charge on any atom is -0.375 e. The highest BCUT2D eigenvalue weighted by Crippen LogP contribution is 2.30. The fourth-order valence-corrected chi connectivity index (χ4v) is 3.10. The van der Waals surface area contributed by atoms with Crippen LogP contribution in [0.25, 0.3) is 0 Å². The van der Waals surface area contributed by atoms with Crippen LogP contribution in [-0.4, -0.2) is 19.6 Å². The van der Waals surface area contributed by atoms with Crippen LogP contribution in [0.2, 0.25) is 0 Å². The Morgan fingerprint density at radius 3 is 2.33 bits per heavy atom. The molecule has 0 saturated carbocycles. The molecule has 98 valence electrons. The number of sulfone groups is 1. The fraction of sp³-hybridized carbons (Fsp3) is 0.462. The SMILES string of the molecule is CC(C)(C)C1=NOC(S(=O)(=O)c2ccccc2)C1. The van der Waals surface area contributed by atoms with Gasteiger partial charge in [-0.25, -0.2) is 8.42 Å². The Balaban J connectivity index is 2.22. The van der Waals surface area contributed by atoms with Crippen LogP contribution < -0.4 is 0 Å². The minimum absolute atomic E-state index is 0.166. The second-order valence-electron chi connectivity index (χ2n) is 5.39. The summed E-state index contributed by atoms with van der Waals surface area (Å²) in [5.41, 5.74) is -0.276. The maximum atomic E-state index is 12.3. The Kier molecular flexibility index (Phi) is 3.19. The van der Waals surface area contributed by atoms with E-state index in [1.165, 1.54) is 0 Å². The Labute approximate surface area is 108 Å². The Hall–Kier alpha value is -1.36. The van der Waals surface area contributed by atoms with Gasteiger partial charge in [0.25, 0.3) is 0 Å². The van der Waals surface area contributed by atoms with Crippen molar-refractivity contribution >= 4 is 15.5 Å². The van der Waals surface area contributed by atoms with Crippen molar-refractivity contribution in [1.82, 2.24) is 0 Å². The van der Waals surface area contributed by atoms with E-state index in [0.717, 1.165) is 5.71 Å². The summed E-state index contributed by atoms with van der Waals surface area (Å²) in [5, 5.41) is 3.92. The third-order valence-corrected chi connectivity index (χ3v) is 4.80. The van der Waals surface area contributed by atoms with E-state index in [-0.39, 0.29) is 10.3 Å². The quantitative estimate of drug-likeness (QED) is 0.827. The molecule has 1 aliphatic heterocycles. The average Bonchev–Trinajstić information content (AvgIpc) is 2.79. The second kappa shape index (κ2) is 4.39. The van der Waals surface area contributed by atoms with E-state index in [9.17, 15) is 8.42 Å². The highest BCUT2D eigenvalue weighted by molar-refractivity contribution is 7.92. The lowest BCUT2D eigenvalue weighted by Gasteiger charge is -2.16. The zero-order chi connectivity index (χ0) is 13.4. The molecule has 4 nitrogen and oxygen atoms in total. The van der Waals surface area contributed by atoms with Gasteiger partial charge in [0, 0.05) is 11.8 Å². The summed E-state index contributed by atoms with van der Waals surface area (Å²) in [6.07, 6.45) is 0.334. The van der Waals surface area contributed by atoms with Gasteiger partial charge in [0.1, 0.15) is 0 Å². The molecule has 0 radical (unpaired) electrons. The Bertz CT molecular complexity index is 556. The third kappa shape index (κ3) is 2.41. The number of benzene rings is 1. The van der Waals surface area contributed by atoms with Gasteiger partial charge < -0.3 is 4.84 Å². The van der Waals surface area contributed by atoms with Crippen molar-refractivity contribution in [2.75, 3.05) is 0 Å². The predicted molar refractivity (Wildman–Crippen MR) is 70.0 cm³/mol. The maximum absolute atomic E-state index is 12.3. The normalized spacial score (nSPS) is 20.4. The summed E-state index contributed by atoms with van der Waals surface area (Å²) in [6.45, 7) is 5.98. The van der Waals surface area contributed by atoms with Crippen LogP contribution in [0.1, 0.15) is 27.2 Å². The first kappa shape index (κ1) is 13.1. The van der Waals surface area contributed by atoms with Crippen molar-refractivity contribution < 1.29 is 13.3 Å². The summed E-state index contributed by atoms with van der Waals surface area (Å²) in [6, 6.07) is 8.34. The highest BCUT2D eigenvalue weighted by atomic mass is 32.2. The number of nitrogens with zero attached hydrogens (tertiary/aromatic N) is 1. The first-order valence-electron chi connectivity index (χ1n) is 5.84. The minimum atomic E-state index is -3.47. The molecule has 18 heavy (non-hydrogen) atoms. The first-order chi connectivity index (χ1) is 8.32. The molecule has 1 atom stereocenters. The van der Waals surface area contributed by atoms with Gasteiger partial charge in [-0.1, -0.05) is 44.1 Å². The van der Waals surface area contributed by atoms with Crippen LogP contribution in [0.3, 0.4) is 0 Å². The van der Waals surface area contributed by atoms with Gasteiger partial charge in [-0.15, -0.1) is 0 Å². The monoisotopic (exact) mass is 267 g/mol. The largest absolute Gasteiger partial charge is 0.375 e. The van der Waals surface area contributed by atoms with Gasteiger partial charge in [-0.3, -0.25) is 0 Å². The lowest BCUT2D eigenvalue weighted by Crippen LogP contribution is -2.25. The van der Waals surface area contributed by atoms with Crippen LogP contribution in [0, 0.1) is 5.41 Å². The standard InChI is InChI=1S/C13H17NO3S/c1-13(2,3)11-9-12(17-14-11)18(15,16)10-7-5-4-6-8-10/h4-8,12H,9H2,1-3H3. The summed E-state index contributed by atoms with van der Waals surface area (Å²) >= 11 is 0. The predicted octanol–water partition coefficient (Wildman–Crippen LogP) is 2.61. The maximum Gasteiger partial charge on any atom is 0.236 e. The zero-order valence-corrected chi connectivity index (χ0v) is 11.6. The molecule has 1 aliphatic rings. The number of hydrogen-bond acceptors (Lipinski definition) is 4. The molecule has 0 saturated heterocycles. The fourth-order valence-electron chi connectivity index (χ4n) is 1.73. The zero-order valence-electron chi connectivity index (χ0n) is 10.8.